The SMILES string of the molecule is CN(C)C(=O)c1cn(C2CCNC2)nn1. The van der Waals surface area contributed by atoms with E-state index in [0.29, 0.717) is 11.7 Å². The average Bonchev–Trinajstić information content (AvgIpc) is 2.86. The van der Waals surface area contributed by atoms with E-state index in [1.807, 2.05) is 0 Å². The van der Waals surface area contributed by atoms with Crippen molar-refractivity contribution in [3.8, 4) is 0 Å². The van der Waals surface area contributed by atoms with Crippen molar-refractivity contribution >= 4 is 5.91 Å². The number of aromatic nitrogens is 3. The average molecular weight is 209 g/mol. The van der Waals surface area contributed by atoms with Gasteiger partial charge in [0.25, 0.3) is 5.91 Å². The summed E-state index contributed by atoms with van der Waals surface area (Å²) in [5.41, 5.74) is 0.409. The van der Waals surface area contributed by atoms with Crippen LogP contribution in [0, 0.1) is 0 Å². The van der Waals surface area contributed by atoms with Gasteiger partial charge in [0.2, 0.25) is 0 Å². The minimum absolute atomic E-state index is 0.104. The Labute approximate surface area is 88.2 Å². The van der Waals surface area contributed by atoms with E-state index in [1.165, 1.54) is 4.90 Å². The van der Waals surface area contributed by atoms with Gasteiger partial charge in [-0.2, -0.15) is 0 Å². The van der Waals surface area contributed by atoms with E-state index in [1.54, 1.807) is 25.0 Å². The smallest absolute Gasteiger partial charge is 0.275 e. The molecule has 1 saturated heterocycles. The molecule has 1 unspecified atom stereocenters. The lowest BCUT2D eigenvalue weighted by Crippen LogP contribution is -2.22. The van der Waals surface area contributed by atoms with Crippen molar-refractivity contribution in [2.24, 2.45) is 0 Å². The van der Waals surface area contributed by atoms with Crippen LogP contribution in [0.5, 0.6) is 0 Å². The van der Waals surface area contributed by atoms with E-state index >= 15 is 0 Å². The third-order valence-corrected chi connectivity index (χ3v) is 2.54. The van der Waals surface area contributed by atoms with Gasteiger partial charge in [-0.1, -0.05) is 5.21 Å². The van der Waals surface area contributed by atoms with Crippen LogP contribution < -0.4 is 5.32 Å². The molecule has 0 aliphatic carbocycles. The topological polar surface area (TPSA) is 63.1 Å². The molecule has 0 radical (unpaired) electrons. The first-order chi connectivity index (χ1) is 7.18. The van der Waals surface area contributed by atoms with Gasteiger partial charge in [-0.05, 0) is 13.0 Å². The van der Waals surface area contributed by atoms with Crippen molar-refractivity contribution in [3.63, 3.8) is 0 Å². The Morgan fingerprint density at radius 1 is 1.67 bits per heavy atom. The van der Waals surface area contributed by atoms with Crippen molar-refractivity contribution < 1.29 is 4.79 Å². The Bertz CT molecular complexity index is 353. The summed E-state index contributed by atoms with van der Waals surface area (Å²) in [4.78, 5) is 13.1. The number of amides is 1. The van der Waals surface area contributed by atoms with Gasteiger partial charge >= 0.3 is 0 Å². The molecule has 6 heteroatoms. The molecule has 1 aliphatic heterocycles. The van der Waals surface area contributed by atoms with Crippen LogP contribution in [0.25, 0.3) is 0 Å². The number of hydrogen-bond acceptors (Lipinski definition) is 4. The van der Waals surface area contributed by atoms with Crippen molar-refractivity contribution in [3.05, 3.63) is 11.9 Å². The van der Waals surface area contributed by atoms with Crippen molar-refractivity contribution in [2.45, 2.75) is 12.5 Å². The summed E-state index contributed by atoms with van der Waals surface area (Å²) in [7, 11) is 3.41. The number of rotatable bonds is 2. The second-order valence-electron chi connectivity index (χ2n) is 3.93. The molecule has 1 aromatic rings. The molecule has 0 bridgehead atoms. The Hall–Kier alpha value is -1.43. The van der Waals surface area contributed by atoms with Gasteiger partial charge in [0.15, 0.2) is 5.69 Å². The molecule has 15 heavy (non-hydrogen) atoms. The highest BCUT2D eigenvalue weighted by Gasteiger charge is 2.20. The zero-order valence-corrected chi connectivity index (χ0v) is 8.97. The fraction of sp³-hybridized carbons (Fsp3) is 0.667. The monoisotopic (exact) mass is 209 g/mol. The summed E-state index contributed by atoms with van der Waals surface area (Å²) in [6, 6.07) is 0.334. The van der Waals surface area contributed by atoms with Crippen molar-refractivity contribution in [1.82, 2.24) is 25.2 Å². The largest absolute Gasteiger partial charge is 0.343 e. The Balaban J connectivity index is 2.12. The molecule has 1 amide bonds. The third-order valence-electron chi connectivity index (χ3n) is 2.54. The standard InChI is InChI=1S/C9H15N5O/c1-13(2)9(15)8-6-14(12-11-8)7-3-4-10-5-7/h6-7,10H,3-5H2,1-2H3. The highest BCUT2D eigenvalue weighted by atomic mass is 16.2. The van der Waals surface area contributed by atoms with Crippen LogP contribution in [0.1, 0.15) is 23.0 Å². The van der Waals surface area contributed by atoms with Gasteiger partial charge in [0.05, 0.1) is 12.2 Å². The Morgan fingerprint density at radius 2 is 2.47 bits per heavy atom. The van der Waals surface area contributed by atoms with Crippen LogP contribution in [-0.2, 0) is 0 Å². The lowest BCUT2D eigenvalue weighted by Gasteiger charge is -2.07. The summed E-state index contributed by atoms with van der Waals surface area (Å²) in [6.07, 6.45) is 2.76. The van der Waals surface area contributed by atoms with E-state index < -0.39 is 0 Å². The second-order valence-corrected chi connectivity index (χ2v) is 3.93. The van der Waals surface area contributed by atoms with Crippen LogP contribution in [-0.4, -0.2) is 53.0 Å². The van der Waals surface area contributed by atoms with E-state index in [2.05, 4.69) is 15.6 Å². The minimum Gasteiger partial charge on any atom is -0.343 e. The molecule has 6 nitrogen and oxygen atoms in total. The number of carbonyl (C=O) groups excluding carboxylic acids is 1. The molecule has 0 aromatic carbocycles. The maximum absolute atomic E-state index is 11.6. The molecule has 1 aromatic heterocycles. The first kappa shape index (κ1) is 10.1. The van der Waals surface area contributed by atoms with Gasteiger partial charge in [0, 0.05) is 20.6 Å². The van der Waals surface area contributed by atoms with Gasteiger partial charge in [-0.3, -0.25) is 4.79 Å². The fourth-order valence-corrected chi connectivity index (χ4v) is 1.65. The molecule has 1 fully saturated rings. The highest BCUT2D eigenvalue weighted by Crippen LogP contribution is 2.13. The molecular formula is C9H15N5O. The predicted octanol–water partition coefficient (Wildman–Crippen LogP) is -0.486. The minimum atomic E-state index is -0.104. The molecule has 2 rings (SSSR count). The molecule has 0 saturated carbocycles. The number of carbonyl (C=O) groups is 1. The van der Waals surface area contributed by atoms with Crippen LogP contribution in [0.4, 0.5) is 0 Å². The lowest BCUT2D eigenvalue weighted by molar-refractivity contribution is 0.0822. The van der Waals surface area contributed by atoms with Crippen LogP contribution in [0.3, 0.4) is 0 Å². The zero-order chi connectivity index (χ0) is 10.8. The molecular weight excluding hydrogens is 194 g/mol. The van der Waals surface area contributed by atoms with E-state index in [4.69, 9.17) is 0 Å². The maximum atomic E-state index is 11.6. The normalized spacial score (nSPS) is 20.5. The Morgan fingerprint density at radius 3 is 3.07 bits per heavy atom. The molecule has 1 N–H and O–H groups in total. The quantitative estimate of drug-likeness (QED) is 0.714. The summed E-state index contributed by atoms with van der Waals surface area (Å²) in [6.45, 7) is 1.90. The molecule has 2 heterocycles. The van der Waals surface area contributed by atoms with E-state index in [9.17, 15) is 4.79 Å². The molecule has 1 atom stereocenters. The molecule has 1 aliphatic rings. The van der Waals surface area contributed by atoms with Gasteiger partial charge < -0.3 is 10.2 Å². The summed E-state index contributed by atoms with van der Waals surface area (Å²) < 4.78 is 1.77. The third kappa shape index (κ3) is 1.99. The summed E-state index contributed by atoms with van der Waals surface area (Å²) in [5, 5.41) is 11.1. The first-order valence-electron chi connectivity index (χ1n) is 5.02. The highest BCUT2D eigenvalue weighted by molar-refractivity contribution is 5.91. The van der Waals surface area contributed by atoms with E-state index in [0.717, 1.165) is 19.5 Å². The second kappa shape index (κ2) is 3.98. The van der Waals surface area contributed by atoms with Crippen molar-refractivity contribution in [1.29, 1.82) is 0 Å². The Kier molecular flexibility index (Phi) is 2.68. The summed E-state index contributed by atoms with van der Waals surface area (Å²) in [5.74, 6) is -0.104. The van der Waals surface area contributed by atoms with Crippen LogP contribution in [0.2, 0.25) is 0 Å². The molecule has 82 valence electrons. The zero-order valence-electron chi connectivity index (χ0n) is 8.97. The van der Waals surface area contributed by atoms with Crippen LogP contribution >= 0.6 is 0 Å². The van der Waals surface area contributed by atoms with Gasteiger partial charge in [0.1, 0.15) is 0 Å². The molecule has 0 spiro atoms. The summed E-state index contributed by atoms with van der Waals surface area (Å²) >= 11 is 0. The first-order valence-corrected chi connectivity index (χ1v) is 5.02. The number of nitrogens with zero attached hydrogens (tertiary/aromatic N) is 4. The van der Waals surface area contributed by atoms with Gasteiger partial charge in [-0.25, -0.2) is 4.68 Å². The number of hydrogen-bond donors (Lipinski definition) is 1. The maximum Gasteiger partial charge on any atom is 0.275 e. The van der Waals surface area contributed by atoms with E-state index in [-0.39, 0.29) is 5.91 Å². The van der Waals surface area contributed by atoms with Crippen molar-refractivity contribution in [2.75, 3.05) is 27.2 Å². The van der Waals surface area contributed by atoms with Gasteiger partial charge in [-0.15, -0.1) is 5.10 Å². The predicted molar refractivity (Wildman–Crippen MR) is 54.6 cm³/mol. The fourth-order valence-electron chi connectivity index (χ4n) is 1.65. The number of nitrogens with one attached hydrogen (secondary N) is 1. The lowest BCUT2D eigenvalue weighted by atomic mass is 10.3. The van der Waals surface area contributed by atoms with Crippen LogP contribution in [0.15, 0.2) is 6.20 Å².